The molecule has 1 heterocycles. The van der Waals surface area contributed by atoms with E-state index in [4.69, 9.17) is 0 Å². The number of aromatic nitrogens is 2. The predicted molar refractivity (Wildman–Crippen MR) is 78.5 cm³/mol. The van der Waals surface area contributed by atoms with Gasteiger partial charge in [0.15, 0.2) is 0 Å². The highest BCUT2D eigenvalue weighted by Crippen LogP contribution is 2.09. The van der Waals surface area contributed by atoms with Crippen molar-refractivity contribution in [1.82, 2.24) is 15.3 Å². The molecule has 3 N–H and O–H groups in total. The summed E-state index contributed by atoms with van der Waals surface area (Å²) in [6.07, 6.45) is 4.23. The lowest BCUT2D eigenvalue weighted by Gasteiger charge is -2.20. The van der Waals surface area contributed by atoms with Crippen molar-refractivity contribution in [2.45, 2.75) is 52.7 Å². The number of hydrogen-bond donors (Lipinski definition) is 3. The Balaban J connectivity index is 2.57. The number of rotatable bonds is 8. The summed E-state index contributed by atoms with van der Waals surface area (Å²) in [6.45, 7) is 8.39. The smallest absolute Gasteiger partial charge is 0.320 e. The first-order chi connectivity index (χ1) is 9.43. The van der Waals surface area contributed by atoms with Crippen molar-refractivity contribution in [3.63, 3.8) is 0 Å². The van der Waals surface area contributed by atoms with Crippen LogP contribution in [0.15, 0.2) is 12.4 Å². The Morgan fingerprint density at radius 1 is 1.30 bits per heavy atom. The molecule has 1 rings (SSSR count). The fourth-order valence-electron chi connectivity index (χ4n) is 1.77. The molecule has 1 aromatic rings. The third-order valence-corrected chi connectivity index (χ3v) is 3.13. The van der Waals surface area contributed by atoms with Gasteiger partial charge in [-0.2, -0.15) is 0 Å². The number of carboxylic acid groups (broad SMARTS) is 1. The zero-order valence-corrected chi connectivity index (χ0v) is 12.6. The molecule has 0 aliphatic heterocycles. The molecule has 0 amide bonds. The zero-order chi connectivity index (χ0) is 15.1. The van der Waals surface area contributed by atoms with Gasteiger partial charge in [0.1, 0.15) is 6.04 Å². The quantitative estimate of drug-likeness (QED) is 0.674. The van der Waals surface area contributed by atoms with Gasteiger partial charge < -0.3 is 10.4 Å². The van der Waals surface area contributed by atoms with Gasteiger partial charge in [0.25, 0.3) is 0 Å². The SMILES string of the molecule is CC[C@@H](C)[C@H](NCc1cnc(NC(C)C)nc1)C(=O)O. The van der Waals surface area contributed by atoms with E-state index in [-0.39, 0.29) is 12.0 Å². The molecule has 0 spiro atoms. The van der Waals surface area contributed by atoms with Crippen LogP contribution in [0.5, 0.6) is 0 Å². The number of anilines is 1. The monoisotopic (exact) mass is 280 g/mol. The molecular weight excluding hydrogens is 256 g/mol. The molecule has 6 heteroatoms. The number of aliphatic carboxylic acids is 1. The van der Waals surface area contributed by atoms with Crippen molar-refractivity contribution < 1.29 is 9.90 Å². The molecule has 0 fully saturated rings. The minimum absolute atomic E-state index is 0.0790. The first-order valence-corrected chi connectivity index (χ1v) is 6.97. The molecule has 0 saturated heterocycles. The highest BCUT2D eigenvalue weighted by molar-refractivity contribution is 5.73. The maximum Gasteiger partial charge on any atom is 0.320 e. The molecule has 0 radical (unpaired) electrons. The topological polar surface area (TPSA) is 87.1 Å². The van der Waals surface area contributed by atoms with Gasteiger partial charge >= 0.3 is 5.97 Å². The summed E-state index contributed by atoms with van der Waals surface area (Å²) in [5.41, 5.74) is 0.869. The van der Waals surface area contributed by atoms with Crippen LogP contribution in [0.4, 0.5) is 5.95 Å². The van der Waals surface area contributed by atoms with Crippen LogP contribution >= 0.6 is 0 Å². The number of carboxylic acids is 1. The summed E-state index contributed by atoms with van der Waals surface area (Å²) < 4.78 is 0. The van der Waals surface area contributed by atoms with E-state index < -0.39 is 12.0 Å². The van der Waals surface area contributed by atoms with E-state index in [9.17, 15) is 9.90 Å². The van der Waals surface area contributed by atoms with Crippen molar-refractivity contribution in [3.8, 4) is 0 Å². The van der Waals surface area contributed by atoms with Crippen molar-refractivity contribution in [2.24, 2.45) is 5.92 Å². The summed E-state index contributed by atoms with van der Waals surface area (Å²) in [5.74, 6) is -0.158. The third kappa shape index (κ3) is 5.13. The van der Waals surface area contributed by atoms with Gasteiger partial charge in [-0.3, -0.25) is 10.1 Å². The standard InChI is InChI=1S/C14H24N4O2/c1-5-10(4)12(13(19)20)15-6-11-7-16-14(17-8-11)18-9(2)3/h7-10,12,15H,5-6H2,1-4H3,(H,19,20)(H,16,17,18)/t10-,12+/m1/s1. The Hall–Kier alpha value is -1.69. The maximum atomic E-state index is 11.2. The molecule has 112 valence electrons. The predicted octanol–water partition coefficient (Wildman–Crippen LogP) is 1.89. The number of nitrogens with zero attached hydrogens (tertiary/aromatic N) is 2. The third-order valence-electron chi connectivity index (χ3n) is 3.13. The van der Waals surface area contributed by atoms with Gasteiger partial charge in [0.2, 0.25) is 5.95 Å². The average Bonchev–Trinajstić information content (AvgIpc) is 2.39. The normalized spacial score (nSPS) is 14.1. The number of carbonyl (C=O) groups is 1. The first kappa shape index (κ1) is 16.4. The van der Waals surface area contributed by atoms with Crippen molar-refractivity contribution in [2.75, 3.05) is 5.32 Å². The van der Waals surface area contributed by atoms with E-state index in [1.165, 1.54) is 0 Å². The van der Waals surface area contributed by atoms with Crippen molar-refractivity contribution in [3.05, 3.63) is 18.0 Å². The molecule has 0 aliphatic carbocycles. The molecule has 2 atom stereocenters. The number of nitrogens with one attached hydrogen (secondary N) is 2. The van der Waals surface area contributed by atoms with Crippen LogP contribution in [-0.2, 0) is 11.3 Å². The molecule has 0 bridgehead atoms. The van der Waals surface area contributed by atoms with Crippen molar-refractivity contribution >= 4 is 11.9 Å². The van der Waals surface area contributed by atoms with E-state index in [1.807, 2.05) is 27.7 Å². The van der Waals surface area contributed by atoms with Crippen LogP contribution in [0.3, 0.4) is 0 Å². The molecule has 0 unspecified atom stereocenters. The van der Waals surface area contributed by atoms with Gasteiger partial charge in [-0.15, -0.1) is 0 Å². The Bertz CT molecular complexity index is 420. The summed E-state index contributed by atoms with van der Waals surface area (Å²) in [7, 11) is 0. The molecule has 0 aromatic carbocycles. The van der Waals surface area contributed by atoms with E-state index >= 15 is 0 Å². The second kappa shape index (κ2) is 7.79. The fourth-order valence-corrected chi connectivity index (χ4v) is 1.77. The largest absolute Gasteiger partial charge is 0.480 e. The van der Waals surface area contributed by atoms with E-state index in [0.717, 1.165) is 12.0 Å². The maximum absolute atomic E-state index is 11.2. The van der Waals surface area contributed by atoms with Crippen LogP contribution in [0, 0.1) is 5.92 Å². The number of hydrogen-bond acceptors (Lipinski definition) is 5. The lowest BCUT2D eigenvalue weighted by molar-refractivity contribution is -0.140. The Morgan fingerprint density at radius 3 is 2.35 bits per heavy atom. The van der Waals surface area contributed by atoms with E-state index in [1.54, 1.807) is 12.4 Å². The Morgan fingerprint density at radius 2 is 1.90 bits per heavy atom. The highest BCUT2D eigenvalue weighted by Gasteiger charge is 2.22. The van der Waals surface area contributed by atoms with Gasteiger partial charge in [-0.05, 0) is 19.8 Å². The highest BCUT2D eigenvalue weighted by atomic mass is 16.4. The van der Waals surface area contributed by atoms with Crippen molar-refractivity contribution in [1.29, 1.82) is 0 Å². The van der Waals surface area contributed by atoms with Crippen LogP contribution < -0.4 is 10.6 Å². The molecule has 0 aliphatic rings. The molecule has 6 nitrogen and oxygen atoms in total. The molecule has 0 saturated carbocycles. The summed E-state index contributed by atoms with van der Waals surface area (Å²) in [4.78, 5) is 19.6. The average molecular weight is 280 g/mol. The zero-order valence-electron chi connectivity index (χ0n) is 12.6. The minimum Gasteiger partial charge on any atom is -0.480 e. The van der Waals surface area contributed by atoms with Gasteiger partial charge in [0.05, 0.1) is 0 Å². The first-order valence-electron chi connectivity index (χ1n) is 6.97. The van der Waals surface area contributed by atoms with E-state index in [0.29, 0.717) is 12.5 Å². The fraction of sp³-hybridized carbons (Fsp3) is 0.643. The summed E-state index contributed by atoms with van der Waals surface area (Å²) >= 11 is 0. The molecule has 1 aromatic heterocycles. The van der Waals surface area contributed by atoms with Gasteiger partial charge in [-0.1, -0.05) is 20.3 Å². The van der Waals surface area contributed by atoms with Gasteiger partial charge in [0, 0.05) is 30.5 Å². The minimum atomic E-state index is -0.821. The van der Waals surface area contributed by atoms with Crippen LogP contribution in [0.25, 0.3) is 0 Å². The van der Waals surface area contributed by atoms with Gasteiger partial charge in [-0.25, -0.2) is 9.97 Å². The van der Waals surface area contributed by atoms with Crippen LogP contribution in [-0.4, -0.2) is 33.1 Å². The summed E-state index contributed by atoms with van der Waals surface area (Å²) in [6, 6.07) is -0.269. The van der Waals surface area contributed by atoms with Crippen LogP contribution in [0.1, 0.15) is 39.7 Å². The lowest BCUT2D eigenvalue weighted by Crippen LogP contribution is -2.41. The summed E-state index contributed by atoms with van der Waals surface area (Å²) in [5, 5.41) is 15.3. The van der Waals surface area contributed by atoms with Crippen LogP contribution in [0.2, 0.25) is 0 Å². The van der Waals surface area contributed by atoms with E-state index in [2.05, 4.69) is 20.6 Å². The second-order valence-electron chi connectivity index (χ2n) is 5.30. The molecule has 20 heavy (non-hydrogen) atoms. The molecular formula is C14H24N4O2. The Kier molecular flexibility index (Phi) is 6.38. The second-order valence-corrected chi connectivity index (χ2v) is 5.30. The Labute approximate surface area is 120 Å². The lowest BCUT2D eigenvalue weighted by atomic mass is 9.99.